The van der Waals surface area contributed by atoms with Gasteiger partial charge in [0.1, 0.15) is 38.9 Å². The standard InChI is InChI=1S/C22H19BrN6O3.2C20H17BrN6O.C20H18BrN5O2S.C20H18BrN5OS/c23-17-18(12-5-7-28(8-6-12)21(30)22(31)32)27-20-15(11-26-29(20)19(17)24)14-9-13-3-1-2-4-16(13)25-10-14;2*21-17-18(13-5-6-26(10-13)11-28)25-20-15(9-24-27(20)19(17)22)14-7-12-3-1-2-4-16(12)23-8-14;21-17-18(12-5-7-29(27,28)8-6-12)25-20-15(11-24-26(20)19(17)22)14-9-13-3-1-2-4-16(13)23-10-14;21-17-18(12-5-7-28(27)8-6-12)25-20-15(11-24-26(20)19(17)22)14-9-13-3-1-2-4-16(13)23-10-14/h1-4,9-12H,5-8,24H2,(H,31,32);2*1-4,7-9,11,13H,5-6,10,22H2;1-4,9-12H,5-8,22H2;1-4,9-12H,5-8,22H2. The van der Waals surface area contributed by atoms with E-state index < -0.39 is 32.5 Å². The average molecular weight is 2300 g/mol. The van der Waals surface area contributed by atoms with Gasteiger partial charge in [-0.2, -0.15) is 48.1 Å². The number of nitrogens with zero attached hydrogens (tertiary/aromatic N) is 23. The molecule has 0 radical (unpaired) electrons. The van der Waals surface area contributed by atoms with E-state index in [4.69, 9.17) is 58.7 Å². The Hall–Kier alpha value is -14.4. The number of carbonyl (C=O) groups excluding carboxylic acids is 3. The number of hydrogen-bond acceptors (Lipinski definition) is 27. The van der Waals surface area contributed by atoms with Gasteiger partial charge in [0.05, 0.1) is 121 Å². The van der Waals surface area contributed by atoms with Gasteiger partial charge in [0, 0.05) is 205 Å². The maximum atomic E-state index is 11.8. The molecule has 732 valence electrons. The van der Waals surface area contributed by atoms with E-state index in [1.54, 1.807) is 69.6 Å². The number of hydrogen-bond donors (Lipinski definition) is 6. The van der Waals surface area contributed by atoms with E-state index in [1.807, 2.05) is 146 Å². The third-order valence-electron chi connectivity index (χ3n) is 27.3. The summed E-state index contributed by atoms with van der Waals surface area (Å²) < 4.78 is 47.1. The first-order chi connectivity index (χ1) is 70.3. The van der Waals surface area contributed by atoms with Crippen LogP contribution >= 0.6 is 79.6 Å². The Bertz CT molecular complexity index is 8300. The maximum Gasteiger partial charge on any atom is 0.394 e. The fourth-order valence-corrected chi connectivity index (χ4v) is 25.2. The third-order valence-corrected chi connectivity index (χ3v) is 34.5. The highest BCUT2D eigenvalue weighted by atomic mass is 79.9. The molecule has 36 nitrogen and oxygen atoms in total. The molecule has 0 aliphatic carbocycles. The van der Waals surface area contributed by atoms with Crippen molar-refractivity contribution in [1.29, 1.82) is 0 Å². The van der Waals surface area contributed by atoms with Crippen LogP contribution in [-0.2, 0) is 39.8 Å². The SMILES string of the molecule is Nc1c(Br)c(C2CCN(C(=O)C(=O)O)CC2)nc2c(-c3cnc4ccccc4c3)cnn12.Nc1c(Br)c(C2CCN(C=O)C2)nc2c(-c3cnc4ccccc4c3)cnn12.Nc1c(Br)c(C2CCN(C=O)C2)nc2c(-c3cnc4ccccc4c3)cnn12.Nc1c(Br)c(C2CCS(=O)(=O)CC2)nc2c(-c3cnc4ccccc4c3)cnn12.Nc1c(Br)c(C2CCS(=O)CC2)nc2c(-c3cnc4ccccc4c3)cnn12. The number of sulfone groups is 1. The van der Waals surface area contributed by atoms with Crippen molar-refractivity contribution < 1.29 is 36.9 Å². The van der Waals surface area contributed by atoms with E-state index in [1.165, 1.54) is 4.90 Å². The van der Waals surface area contributed by atoms with E-state index in [9.17, 15) is 31.8 Å². The Kier molecular flexibility index (Phi) is 27.1. The molecule has 0 saturated carbocycles. The van der Waals surface area contributed by atoms with Crippen molar-refractivity contribution in [2.24, 2.45) is 0 Å². The summed E-state index contributed by atoms with van der Waals surface area (Å²) in [6.45, 7) is 3.46. The summed E-state index contributed by atoms with van der Waals surface area (Å²) in [6, 6.07) is 50.2. The van der Waals surface area contributed by atoms with Gasteiger partial charge in [-0.1, -0.05) is 91.0 Å². The van der Waals surface area contributed by atoms with Gasteiger partial charge >= 0.3 is 11.9 Å². The van der Waals surface area contributed by atoms with Crippen molar-refractivity contribution in [3.8, 4) is 55.6 Å². The molecule has 5 aliphatic rings. The number of amides is 3. The summed E-state index contributed by atoms with van der Waals surface area (Å²) in [6.07, 6.45) is 25.4. The number of carboxylic acids is 1. The number of anilines is 5. The van der Waals surface area contributed by atoms with Crippen molar-refractivity contribution in [2.45, 2.75) is 81.0 Å². The minimum Gasteiger partial charge on any atom is -0.474 e. The molecule has 5 aliphatic heterocycles. The minimum atomic E-state index is -2.95. The van der Waals surface area contributed by atoms with Crippen LogP contribution in [0.2, 0.25) is 0 Å². The van der Waals surface area contributed by atoms with Gasteiger partial charge in [-0.05, 0) is 192 Å². The van der Waals surface area contributed by atoms with Crippen LogP contribution in [0.15, 0.2) is 236 Å². The van der Waals surface area contributed by atoms with Crippen molar-refractivity contribution in [3.63, 3.8) is 0 Å². The van der Waals surface area contributed by atoms with Gasteiger partial charge in [-0.25, -0.2) is 38.1 Å². The van der Waals surface area contributed by atoms with Crippen LogP contribution in [0.3, 0.4) is 0 Å². The first kappa shape index (κ1) is 96.7. The number of nitrogens with two attached hydrogens (primary N) is 5. The molecule has 3 amide bonds. The smallest absolute Gasteiger partial charge is 0.394 e. The number of fused-ring (bicyclic) bond motifs is 10. The van der Waals surface area contributed by atoms with Crippen molar-refractivity contribution in [3.05, 3.63) is 264 Å². The summed E-state index contributed by atoms with van der Waals surface area (Å²) >= 11 is 17.9. The highest BCUT2D eigenvalue weighted by molar-refractivity contribution is 9.11. The van der Waals surface area contributed by atoms with Crippen molar-refractivity contribution in [1.82, 2.24) is 113 Å². The summed E-state index contributed by atoms with van der Waals surface area (Å²) in [4.78, 5) is 97.1. The molecule has 5 fully saturated rings. The summed E-state index contributed by atoms with van der Waals surface area (Å²) in [5.74, 6) is 2.53. The van der Waals surface area contributed by atoms with E-state index in [-0.39, 0.29) is 41.1 Å². The molecule has 5 aromatic carbocycles. The van der Waals surface area contributed by atoms with Gasteiger partial charge in [-0.3, -0.25) is 43.5 Å². The third kappa shape index (κ3) is 19.1. The zero-order valence-corrected chi connectivity index (χ0v) is 86.7. The Labute approximate surface area is 871 Å². The maximum absolute atomic E-state index is 11.8. The van der Waals surface area contributed by atoms with Crippen LogP contribution in [0.1, 0.15) is 109 Å². The predicted molar refractivity (Wildman–Crippen MR) is 576 cm³/mol. The molecule has 145 heavy (non-hydrogen) atoms. The van der Waals surface area contributed by atoms with E-state index in [0.717, 1.165) is 209 Å². The van der Waals surface area contributed by atoms with Crippen LogP contribution in [0.4, 0.5) is 29.1 Å². The summed E-state index contributed by atoms with van der Waals surface area (Å²) in [5.41, 5.74) is 53.0. The number of piperidine rings is 1. The van der Waals surface area contributed by atoms with Gasteiger partial charge < -0.3 is 48.5 Å². The van der Waals surface area contributed by atoms with Gasteiger partial charge in [0.15, 0.2) is 28.2 Å². The molecular formula is C102H89Br5N28O8S2. The lowest BCUT2D eigenvalue weighted by Crippen LogP contribution is -2.41. The number of aromatic nitrogens is 20. The number of aliphatic carboxylic acids is 1. The Morgan fingerprint density at radius 2 is 0.586 bits per heavy atom. The van der Waals surface area contributed by atoms with Crippen molar-refractivity contribution in [2.75, 3.05) is 90.9 Å². The molecule has 25 rings (SSSR count). The molecule has 0 spiro atoms. The summed E-state index contributed by atoms with van der Waals surface area (Å²) in [7, 11) is -3.66. The molecule has 15 aromatic heterocycles. The molecule has 20 aromatic rings. The second kappa shape index (κ2) is 40.7. The summed E-state index contributed by atoms with van der Waals surface area (Å²) in [5, 5.41) is 36.4. The molecular weight excluding hydrogens is 2210 g/mol. The first-order valence-corrected chi connectivity index (χ1v) is 53.9. The quantitative estimate of drug-likeness (QED) is 0.0489. The van der Waals surface area contributed by atoms with Gasteiger partial charge in [-0.15, -0.1) is 0 Å². The normalized spacial score (nSPS) is 17.1. The average Bonchev–Trinajstić information content (AvgIpc) is 1.58. The van der Waals surface area contributed by atoms with Crippen LogP contribution in [0, 0.1) is 0 Å². The van der Waals surface area contributed by atoms with Crippen LogP contribution in [0.25, 0.3) is 138 Å². The zero-order chi connectivity index (χ0) is 100. The number of para-hydroxylation sites is 5. The van der Waals surface area contributed by atoms with Gasteiger partial charge in [0.2, 0.25) is 12.8 Å². The Morgan fingerprint density at radius 3 is 0.841 bits per heavy atom. The first-order valence-electron chi connectivity index (χ1n) is 46.6. The van der Waals surface area contributed by atoms with Crippen LogP contribution < -0.4 is 28.7 Å². The lowest BCUT2D eigenvalue weighted by atomic mass is 9.93. The number of benzene rings is 5. The lowest BCUT2D eigenvalue weighted by Gasteiger charge is -2.31. The van der Waals surface area contributed by atoms with E-state index in [0.29, 0.717) is 124 Å². The van der Waals surface area contributed by atoms with Crippen LogP contribution in [0.5, 0.6) is 0 Å². The Morgan fingerprint density at radius 1 is 0.345 bits per heavy atom. The minimum absolute atomic E-state index is 0.0343. The largest absolute Gasteiger partial charge is 0.474 e. The zero-order valence-electron chi connectivity index (χ0n) is 77.2. The number of nitrogen functional groups attached to an aromatic ring is 5. The topological polar surface area (TPSA) is 495 Å². The highest BCUT2D eigenvalue weighted by Crippen LogP contribution is 2.45. The van der Waals surface area contributed by atoms with E-state index >= 15 is 0 Å². The molecule has 43 heteroatoms. The second-order valence-electron chi connectivity index (χ2n) is 36.1. The molecule has 2 unspecified atom stereocenters. The van der Waals surface area contributed by atoms with Gasteiger partial charge in [0.25, 0.3) is 0 Å². The number of carbonyl (C=O) groups is 4. The Balaban J connectivity index is 0.000000107. The number of halogens is 5. The monoisotopic (exact) mass is 2290 g/mol. The van der Waals surface area contributed by atoms with Crippen LogP contribution in [-0.4, -0.2) is 217 Å². The number of likely N-dealkylation sites (tertiary alicyclic amines) is 3. The molecule has 0 bridgehead atoms. The molecule has 5 saturated heterocycles. The lowest BCUT2D eigenvalue weighted by molar-refractivity contribution is -0.156. The fraction of sp³-hybridized carbons (Fsp3) is 0.225. The number of carboxylic acid groups (broad SMARTS) is 1. The number of rotatable bonds is 12. The highest BCUT2D eigenvalue weighted by Gasteiger charge is 2.36. The fourth-order valence-electron chi connectivity index (χ4n) is 19.5. The predicted octanol–water partition coefficient (Wildman–Crippen LogP) is 17.0. The van der Waals surface area contributed by atoms with E-state index in [2.05, 4.69) is 160 Å². The molecule has 20 heterocycles. The van der Waals surface area contributed by atoms with Crippen molar-refractivity contribution >= 4 is 237 Å². The second-order valence-corrected chi connectivity index (χ2v) is 44.1. The molecule has 11 N–H and O–H groups in total. The number of pyridine rings is 5. The molecule has 2 atom stereocenters.